The monoisotopic (exact) mass is 365 g/mol. The Bertz CT molecular complexity index is 678. The molecule has 1 atom stereocenters. The zero-order valence-corrected chi connectivity index (χ0v) is 14.7. The minimum atomic E-state index is -0.841. The average Bonchev–Trinajstić information content (AvgIpc) is 2.56. The fourth-order valence-electron chi connectivity index (χ4n) is 3.58. The van der Waals surface area contributed by atoms with Crippen molar-refractivity contribution < 1.29 is 23.8 Å². The Balaban J connectivity index is 1.49. The predicted octanol–water partition coefficient (Wildman–Crippen LogP) is 1.89. The van der Waals surface area contributed by atoms with Crippen molar-refractivity contribution in [3.05, 3.63) is 29.6 Å². The van der Waals surface area contributed by atoms with Crippen molar-refractivity contribution in [3.8, 4) is 5.75 Å². The molecule has 142 valence electrons. The second kappa shape index (κ2) is 7.90. The van der Waals surface area contributed by atoms with Gasteiger partial charge >= 0.3 is 12.0 Å². The van der Waals surface area contributed by atoms with Gasteiger partial charge < -0.3 is 20.5 Å². The number of aliphatic carboxylic acids is 1. The third-order valence-corrected chi connectivity index (χ3v) is 5.03. The van der Waals surface area contributed by atoms with Gasteiger partial charge in [-0.15, -0.1) is 0 Å². The van der Waals surface area contributed by atoms with Gasteiger partial charge in [0.15, 0.2) is 0 Å². The number of hydrogen-bond acceptors (Lipinski definition) is 4. The van der Waals surface area contributed by atoms with Gasteiger partial charge in [-0.25, -0.2) is 9.18 Å². The minimum absolute atomic E-state index is 0.0184. The highest BCUT2D eigenvalue weighted by molar-refractivity contribution is 5.75. The van der Waals surface area contributed by atoms with Crippen molar-refractivity contribution >= 4 is 12.0 Å². The van der Waals surface area contributed by atoms with E-state index in [-0.39, 0.29) is 36.5 Å². The summed E-state index contributed by atoms with van der Waals surface area (Å²) in [6, 6.07) is 3.93. The molecule has 0 radical (unpaired) electrons. The summed E-state index contributed by atoms with van der Waals surface area (Å²) in [7, 11) is 0. The molecule has 26 heavy (non-hydrogen) atoms. The van der Waals surface area contributed by atoms with Crippen LogP contribution in [0.2, 0.25) is 0 Å². The lowest BCUT2D eigenvalue weighted by atomic mass is 9.85. The maximum absolute atomic E-state index is 13.5. The van der Waals surface area contributed by atoms with E-state index >= 15 is 0 Å². The van der Waals surface area contributed by atoms with Gasteiger partial charge in [-0.2, -0.15) is 0 Å². The van der Waals surface area contributed by atoms with Gasteiger partial charge in [-0.3, -0.25) is 9.69 Å². The smallest absolute Gasteiger partial charge is 0.317 e. The Labute approximate surface area is 151 Å². The minimum Gasteiger partial charge on any atom is -0.493 e. The predicted molar refractivity (Wildman–Crippen MR) is 92.6 cm³/mol. The molecule has 2 amide bonds. The molecule has 0 aromatic heterocycles. The fourth-order valence-corrected chi connectivity index (χ4v) is 3.58. The molecular formula is C18H24FN3O4. The van der Waals surface area contributed by atoms with Crippen LogP contribution in [0.15, 0.2) is 18.2 Å². The van der Waals surface area contributed by atoms with E-state index in [0.717, 1.165) is 12.8 Å². The highest BCUT2D eigenvalue weighted by Gasteiger charge is 2.35. The van der Waals surface area contributed by atoms with E-state index in [9.17, 15) is 14.0 Å². The Hall–Kier alpha value is -2.35. The summed E-state index contributed by atoms with van der Waals surface area (Å²) in [5.74, 6) is -0.605. The van der Waals surface area contributed by atoms with Crippen LogP contribution in [-0.2, 0) is 4.79 Å². The van der Waals surface area contributed by atoms with Gasteiger partial charge in [-0.1, -0.05) is 6.92 Å². The molecule has 0 bridgehead atoms. The first-order valence-corrected chi connectivity index (χ1v) is 8.91. The SMILES string of the molecule is CCN(CC(=O)O)C1CC(NC(=O)NC2CCOc3ccc(F)cc32)C1. The van der Waals surface area contributed by atoms with E-state index in [1.165, 1.54) is 12.1 Å². The first-order valence-electron chi connectivity index (χ1n) is 8.91. The van der Waals surface area contributed by atoms with Crippen LogP contribution in [0.5, 0.6) is 5.75 Å². The maximum atomic E-state index is 13.5. The molecule has 3 rings (SSSR count). The van der Waals surface area contributed by atoms with Gasteiger partial charge in [0.25, 0.3) is 0 Å². The highest BCUT2D eigenvalue weighted by Crippen LogP contribution is 2.32. The van der Waals surface area contributed by atoms with Crippen LogP contribution in [0.3, 0.4) is 0 Å². The summed E-state index contributed by atoms with van der Waals surface area (Å²) in [6.07, 6.45) is 2.04. The van der Waals surface area contributed by atoms with Crippen molar-refractivity contribution in [1.29, 1.82) is 0 Å². The molecule has 0 saturated heterocycles. The number of likely N-dealkylation sites (N-methyl/N-ethyl adjacent to an activating group) is 1. The molecule has 0 spiro atoms. The molecule has 1 unspecified atom stereocenters. The molecule has 1 fully saturated rings. The number of benzene rings is 1. The third kappa shape index (κ3) is 4.24. The van der Waals surface area contributed by atoms with Crippen LogP contribution in [0, 0.1) is 5.82 Å². The zero-order valence-electron chi connectivity index (χ0n) is 14.7. The first-order chi connectivity index (χ1) is 12.5. The fraction of sp³-hybridized carbons (Fsp3) is 0.556. The highest BCUT2D eigenvalue weighted by atomic mass is 19.1. The Morgan fingerprint density at radius 3 is 2.81 bits per heavy atom. The van der Waals surface area contributed by atoms with Crippen molar-refractivity contribution in [1.82, 2.24) is 15.5 Å². The topological polar surface area (TPSA) is 90.9 Å². The number of carboxylic acid groups (broad SMARTS) is 1. The normalized spacial score (nSPS) is 24.2. The lowest BCUT2D eigenvalue weighted by molar-refractivity contribution is -0.139. The number of nitrogens with zero attached hydrogens (tertiary/aromatic N) is 1. The van der Waals surface area contributed by atoms with Gasteiger partial charge in [0.2, 0.25) is 0 Å². The summed E-state index contributed by atoms with van der Waals surface area (Å²) in [4.78, 5) is 25.0. The average molecular weight is 365 g/mol. The number of fused-ring (bicyclic) bond motifs is 1. The summed E-state index contributed by atoms with van der Waals surface area (Å²) in [6.45, 7) is 3.08. The Kier molecular flexibility index (Phi) is 5.61. The van der Waals surface area contributed by atoms with Gasteiger partial charge in [-0.05, 0) is 37.6 Å². The molecule has 1 aliphatic carbocycles. The number of halogens is 1. The summed E-state index contributed by atoms with van der Waals surface area (Å²) >= 11 is 0. The van der Waals surface area contributed by atoms with Gasteiger partial charge in [0.05, 0.1) is 19.2 Å². The number of rotatable bonds is 6. The number of hydrogen-bond donors (Lipinski definition) is 3. The van der Waals surface area contributed by atoms with Crippen LogP contribution < -0.4 is 15.4 Å². The number of nitrogens with one attached hydrogen (secondary N) is 2. The van der Waals surface area contributed by atoms with E-state index in [0.29, 0.717) is 30.9 Å². The molecular weight excluding hydrogens is 341 g/mol. The maximum Gasteiger partial charge on any atom is 0.317 e. The molecule has 3 N–H and O–H groups in total. The van der Waals surface area contributed by atoms with Crippen LogP contribution in [0.25, 0.3) is 0 Å². The Morgan fingerprint density at radius 2 is 2.12 bits per heavy atom. The Morgan fingerprint density at radius 1 is 1.35 bits per heavy atom. The van der Waals surface area contributed by atoms with Crippen molar-refractivity contribution in [3.63, 3.8) is 0 Å². The zero-order chi connectivity index (χ0) is 18.7. The second-order valence-corrected chi connectivity index (χ2v) is 6.77. The van der Waals surface area contributed by atoms with Crippen LogP contribution >= 0.6 is 0 Å². The molecule has 7 nitrogen and oxygen atoms in total. The molecule has 2 aliphatic rings. The number of amides is 2. The molecule has 1 aromatic rings. The van der Waals surface area contributed by atoms with E-state index in [2.05, 4.69) is 10.6 Å². The van der Waals surface area contributed by atoms with E-state index in [1.54, 1.807) is 6.07 Å². The van der Waals surface area contributed by atoms with E-state index < -0.39 is 5.97 Å². The van der Waals surface area contributed by atoms with E-state index in [4.69, 9.17) is 9.84 Å². The van der Waals surface area contributed by atoms with Crippen LogP contribution in [-0.4, -0.2) is 53.8 Å². The summed E-state index contributed by atoms with van der Waals surface area (Å²) < 4.78 is 19.0. The first kappa shape index (κ1) is 18.4. The third-order valence-electron chi connectivity index (χ3n) is 5.03. The number of carbonyl (C=O) groups is 2. The molecule has 1 aromatic carbocycles. The number of ether oxygens (including phenoxy) is 1. The standard InChI is InChI=1S/C18H24FN3O4/c1-2-22(10-17(23)24)13-8-12(9-13)20-18(25)21-15-5-6-26-16-4-3-11(19)7-14(15)16/h3-4,7,12-13,15H,2,5-6,8-10H2,1H3,(H,23,24)(H2,20,21,25). The number of carbonyl (C=O) groups excluding carboxylic acids is 1. The summed E-state index contributed by atoms with van der Waals surface area (Å²) in [5.41, 5.74) is 0.650. The second-order valence-electron chi connectivity index (χ2n) is 6.77. The van der Waals surface area contributed by atoms with Crippen molar-refractivity contribution in [2.45, 2.75) is 44.3 Å². The van der Waals surface area contributed by atoms with Crippen LogP contribution in [0.1, 0.15) is 37.8 Å². The van der Waals surface area contributed by atoms with Crippen molar-refractivity contribution in [2.24, 2.45) is 0 Å². The number of urea groups is 1. The van der Waals surface area contributed by atoms with E-state index in [1.807, 2.05) is 11.8 Å². The van der Waals surface area contributed by atoms with Crippen molar-refractivity contribution in [2.75, 3.05) is 19.7 Å². The number of carboxylic acids is 1. The lowest BCUT2D eigenvalue weighted by Crippen LogP contribution is -2.56. The summed E-state index contributed by atoms with van der Waals surface area (Å²) in [5, 5.41) is 14.7. The molecule has 1 heterocycles. The molecule has 8 heteroatoms. The lowest BCUT2D eigenvalue weighted by Gasteiger charge is -2.42. The van der Waals surface area contributed by atoms with Crippen LogP contribution in [0.4, 0.5) is 9.18 Å². The quantitative estimate of drug-likeness (QED) is 0.716. The van der Waals surface area contributed by atoms with Gasteiger partial charge in [0, 0.05) is 24.1 Å². The van der Waals surface area contributed by atoms with Gasteiger partial charge in [0.1, 0.15) is 11.6 Å². The molecule has 1 aliphatic heterocycles. The largest absolute Gasteiger partial charge is 0.493 e. The molecule has 1 saturated carbocycles.